The summed E-state index contributed by atoms with van der Waals surface area (Å²) >= 11 is 0. The molecule has 0 aromatic heterocycles. The van der Waals surface area contributed by atoms with E-state index in [0.717, 1.165) is 25.7 Å². The normalized spacial score (nSPS) is 25.3. The molecule has 2 rings (SSSR count). The van der Waals surface area contributed by atoms with Crippen LogP contribution in [0.4, 0.5) is 4.79 Å². The number of nitrogens with one attached hydrogen (secondary N) is 2. The molecule has 0 heterocycles. The van der Waals surface area contributed by atoms with Crippen LogP contribution < -0.4 is 10.6 Å². The maximum Gasteiger partial charge on any atom is 0.315 e. The lowest BCUT2D eigenvalue weighted by molar-refractivity contribution is 0.155. The van der Waals surface area contributed by atoms with Crippen LogP contribution in [0.5, 0.6) is 0 Å². The second kappa shape index (κ2) is 3.42. The van der Waals surface area contributed by atoms with Crippen molar-refractivity contribution in [3.05, 3.63) is 0 Å². The van der Waals surface area contributed by atoms with Crippen molar-refractivity contribution in [3.63, 3.8) is 0 Å². The summed E-state index contributed by atoms with van der Waals surface area (Å²) < 4.78 is 0. The molecular formula is C10H18N2O2. The SMILES string of the molecule is CC(CO)(NC(=O)NC1CC1)C1CC1. The van der Waals surface area contributed by atoms with Crippen LogP contribution in [-0.2, 0) is 0 Å². The van der Waals surface area contributed by atoms with E-state index in [2.05, 4.69) is 10.6 Å². The minimum Gasteiger partial charge on any atom is -0.394 e. The molecule has 0 aromatic carbocycles. The van der Waals surface area contributed by atoms with Gasteiger partial charge in [0.1, 0.15) is 0 Å². The smallest absolute Gasteiger partial charge is 0.315 e. The van der Waals surface area contributed by atoms with Crippen LogP contribution in [0, 0.1) is 5.92 Å². The van der Waals surface area contributed by atoms with Gasteiger partial charge >= 0.3 is 6.03 Å². The summed E-state index contributed by atoms with van der Waals surface area (Å²) in [5.41, 5.74) is -0.418. The first-order valence-electron chi connectivity index (χ1n) is 5.33. The van der Waals surface area contributed by atoms with Crippen molar-refractivity contribution in [1.82, 2.24) is 10.6 Å². The van der Waals surface area contributed by atoms with Crippen molar-refractivity contribution in [2.24, 2.45) is 5.92 Å². The molecule has 4 heteroatoms. The second-order valence-corrected chi connectivity index (χ2v) is 4.72. The van der Waals surface area contributed by atoms with Gasteiger partial charge in [-0.25, -0.2) is 4.79 Å². The molecule has 3 N–H and O–H groups in total. The monoisotopic (exact) mass is 198 g/mol. The zero-order valence-corrected chi connectivity index (χ0v) is 8.55. The van der Waals surface area contributed by atoms with E-state index in [1.165, 1.54) is 0 Å². The van der Waals surface area contributed by atoms with Crippen molar-refractivity contribution < 1.29 is 9.90 Å². The molecule has 0 aromatic rings. The van der Waals surface area contributed by atoms with Gasteiger partial charge < -0.3 is 15.7 Å². The average molecular weight is 198 g/mol. The van der Waals surface area contributed by atoms with E-state index >= 15 is 0 Å². The van der Waals surface area contributed by atoms with Crippen LogP contribution in [0.3, 0.4) is 0 Å². The molecule has 0 bridgehead atoms. The van der Waals surface area contributed by atoms with Crippen molar-refractivity contribution in [2.45, 2.75) is 44.2 Å². The van der Waals surface area contributed by atoms with E-state index in [0.29, 0.717) is 12.0 Å². The van der Waals surface area contributed by atoms with Crippen LogP contribution >= 0.6 is 0 Å². The molecule has 0 spiro atoms. The Morgan fingerprint density at radius 1 is 1.43 bits per heavy atom. The Balaban J connectivity index is 1.82. The third-order valence-corrected chi connectivity index (χ3v) is 3.12. The second-order valence-electron chi connectivity index (χ2n) is 4.72. The molecule has 4 nitrogen and oxygen atoms in total. The molecule has 0 radical (unpaired) electrons. The number of hydrogen-bond acceptors (Lipinski definition) is 2. The number of aliphatic hydroxyl groups is 1. The Hall–Kier alpha value is -0.770. The van der Waals surface area contributed by atoms with Gasteiger partial charge in [-0.05, 0) is 38.5 Å². The molecule has 1 atom stereocenters. The Morgan fingerprint density at radius 2 is 2.07 bits per heavy atom. The summed E-state index contributed by atoms with van der Waals surface area (Å²) in [4.78, 5) is 11.5. The quantitative estimate of drug-likeness (QED) is 0.619. The van der Waals surface area contributed by atoms with Crippen LogP contribution in [0.25, 0.3) is 0 Å². The predicted molar refractivity (Wildman–Crippen MR) is 52.9 cm³/mol. The van der Waals surface area contributed by atoms with Crippen molar-refractivity contribution in [3.8, 4) is 0 Å². The first-order valence-corrected chi connectivity index (χ1v) is 5.33. The van der Waals surface area contributed by atoms with Gasteiger partial charge in [-0.1, -0.05) is 0 Å². The van der Waals surface area contributed by atoms with Crippen LogP contribution in [0.1, 0.15) is 32.6 Å². The van der Waals surface area contributed by atoms with Gasteiger partial charge in [0.05, 0.1) is 12.1 Å². The molecule has 80 valence electrons. The van der Waals surface area contributed by atoms with Gasteiger partial charge in [0.25, 0.3) is 0 Å². The summed E-state index contributed by atoms with van der Waals surface area (Å²) in [6.07, 6.45) is 4.40. The van der Waals surface area contributed by atoms with Gasteiger partial charge in [0.2, 0.25) is 0 Å². The molecule has 2 fully saturated rings. The lowest BCUT2D eigenvalue weighted by Gasteiger charge is -2.28. The zero-order valence-electron chi connectivity index (χ0n) is 8.55. The fourth-order valence-corrected chi connectivity index (χ4v) is 1.70. The molecular weight excluding hydrogens is 180 g/mol. The van der Waals surface area contributed by atoms with Gasteiger partial charge in [-0.3, -0.25) is 0 Å². The highest BCUT2D eigenvalue weighted by Gasteiger charge is 2.42. The number of amides is 2. The minimum absolute atomic E-state index is 0.0236. The summed E-state index contributed by atoms with van der Waals surface area (Å²) in [6.45, 7) is 1.94. The lowest BCUT2D eigenvalue weighted by atomic mass is 9.97. The highest BCUT2D eigenvalue weighted by atomic mass is 16.3. The third kappa shape index (κ3) is 2.18. The molecule has 14 heavy (non-hydrogen) atoms. The maximum atomic E-state index is 11.5. The molecule has 0 aliphatic heterocycles. The van der Waals surface area contributed by atoms with Crippen molar-refractivity contribution >= 4 is 6.03 Å². The van der Waals surface area contributed by atoms with E-state index < -0.39 is 5.54 Å². The number of hydrogen-bond donors (Lipinski definition) is 3. The first-order chi connectivity index (χ1) is 6.64. The van der Waals surface area contributed by atoms with Gasteiger partial charge in [0.15, 0.2) is 0 Å². The summed E-state index contributed by atoms with van der Waals surface area (Å²) in [7, 11) is 0. The van der Waals surface area contributed by atoms with E-state index in [4.69, 9.17) is 0 Å². The highest BCUT2D eigenvalue weighted by molar-refractivity contribution is 5.75. The average Bonchev–Trinajstić information content (AvgIpc) is 2.96. The van der Waals surface area contributed by atoms with E-state index in [1.54, 1.807) is 0 Å². The molecule has 0 saturated heterocycles. The third-order valence-electron chi connectivity index (χ3n) is 3.12. The van der Waals surface area contributed by atoms with E-state index in [-0.39, 0.29) is 12.6 Å². The molecule has 2 saturated carbocycles. The van der Waals surface area contributed by atoms with Crippen LogP contribution in [0.15, 0.2) is 0 Å². The largest absolute Gasteiger partial charge is 0.394 e. The van der Waals surface area contributed by atoms with Crippen molar-refractivity contribution in [1.29, 1.82) is 0 Å². The molecule has 2 aliphatic rings. The molecule has 2 aliphatic carbocycles. The molecule has 2 amide bonds. The number of carbonyl (C=O) groups excluding carboxylic acids is 1. The number of carbonyl (C=O) groups is 1. The lowest BCUT2D eigenvalue weighted by Crippen LogP contribution is -2.54. The summed E-state index contributed by atoms with van der Waals surface area (Å²) in [5, 5.41) is 15.0. The minimum atomic E-state index is -0.418. The standard InChI is InChI=1S/C10H18N2O2/c1-10(6-13,7-2-3-7)12-9(14)11-8-4-5-8/h7-8,13H,2-6H2,1H3,(H2,11,12,14). The Morgan fingerprint density at radius 3 is 2.50 bits per heavy atom. The Labute approximate surface area is 84.1 Å². The Bertz CT molecular complexity index is 236. The summed E-state index contributed by atoms with van der Waals surface area (Å²) in [6, 6.07) is 0.244. The fourth-order valence-electron chi connectivity index (χ4n) is 1.70. The maximum absolute atomic E-state index is 11.5. The van der Waals surface area contributed by atoms with Crippen LogP contribution in [-0.4, -0.2) is 29.3 Å². The molecule has 1 unspecified atom stereocenters. The van der Waals surface area contributed by atoms with Gasteiger partial charge in [0, 0.05) is 6.04 Å². The fraction of sp³-hybridized carbons (Fsp3) is 0.900. The number of urea groups is 1. The first kappa shape index (κ1) is 9.77. The topological polar surface area (TPSA) is 61.4 Å². The summed E-state index contributed by atoms with van der Waals surface area (Å²) in [5.74, 6) is 0.456. The van der Waals surface area contributed by atoms with E-state index in [1.807, 2.05) is 6.92 Å². The zero-order chi connectivity index (χ0) is 10.2. The highest BCUT2D eigenvalue weighted by Crippen LogP contribution is 2.39. The van der Waals surface area contributed by atoms with Crippen LogP contribution in [0.2, 0.25) is 0 Å². The number of rotatable bonds is 4. The van der Waals surface area contributed by atoms with Crippen molar-refractivity contribution in [2.75, 3.05) is 6.61 Å². The predicted octanol–water partition coefficient (Wildman–Crippen LogP) is 0.609. The Kier molecular flexibility index (Phi) is 2.39. The number of aliphatic hydroxyl groups excluding tert-OH is 1. The van der Waals surface area contributed by atoms with Gasteiger partial charge in [-0.2, -0.15) is 0 Å². The van der Waals surface area contributed by atoms with E-state index in [9.17, 15) is 9.90 Å². The van der Waals surface area contributed by atoms with Gasteiger partial charge in [-0.15, -0.1) is 0 Å².